The predicted molar refractivity (Wildman–Crippen MR) is 161 cm³/mol. The van der Waals surface area contributed by atoms with Crippen LogP contribution in [0.5, 0.6) is 11.5 Å². The van der Waals surface area contributed by atoms with Gasteiger partial charge in [0.2, 0.25) is 0 Å². The van der Waals surface area contributed by atoms with Crippen molar-refractivity contribution in [2.45, 2.75) is 32.9 Å². The summed E-state index contributed by atoms with van der Waals surface area (Å²) in [5.74, 6) is 0.572. The number of hydrogen-bond acceptors (Lipinski definition) is 7. The molecule has 1 aliphatic rings. The van der Waals surface area contributed by atoms with Crippen molar-refractivity contribution in [1.29, 1.82) is 0 Å². The first-order chi connectivity index (χ1) is 19.8. The molecule has 1 aliphatic heterocycles. The lowest BCUT2D eigenvalue weighted by molar-refractivity contribution is -0.138. The fourth-order valence-electron chi connectivity index (χ4n) is 4.71. The van der Waals surface area contributed by atoms with Crippen molar-refractivity contribution in [3.8, 4) is 11.5 Å². The molecule has 3 aromatic carbocycles. The third kappa shape index (κ3) is 5.71. The Bertz CT molecular complexity index is 1790. The van der Waals surface area contributed by atoms with E-state index in [-0.39, 0.29) is 23.8 Å². The van der Waals surface area contributed by atoms with Gasteiger partial charge in [-0.1, -0.05) is 77.5 Å². The molecule has 1 aromatic heterocycles. The van der Waals surface area contributed by atoms with Crippen LogP contribution < -0.4 is 24.4 Å². The van der Waals surface area contributed by atoms with Crippen LogP contribution >= 0.6 is 22.9 Å². The van der Waals surface area contributed by atoms with Gasteiger partial charge in [-0.15, -0.1) is 0 Å². The molecule has 1 atom stereocenters. The third-order valence-corrected chi connectivity index (χ3v) is 7.66. The van der Waals surface area contributed by atoms with Gasteiger partial charge >= 0.3 is 5.97 Å². The Morgan fingerprint density at radius 2 is 1.80 bits per heavy atom. The maximum atomic E-state index is 14.1. The van der Waals surface area contributed by atoms with E-state index in [1.54, 1.807) is 36.8 Å². The van der Waals surface area contributed by atoms with E-state index in [4.69, 9.17) is 30.8 Å². The summed E-state index contributed by atoms with van der Waals surface area (Å²) in [6.07, 6.45) is 1.67. The van der Waals surface area contributed by atoms with Crippen molar-refractivity contribution in [2.24, 2.45) is 4.99 Å². The topological polar surface area (TPSA) is 79.1 Å². The summed E-state index contributed by atoms with van der Waals surface area (Å²) in [7, 11) is 1.58. The van der Waals surface area contributed by atoms with Crippen LogP contribution in [0.4, 0.5) is 0 Å². The molecule has 0 saturated heterocycles. The normalized spacial score (nSPS) is 15.0. The van der Waals surface area contributed by atoms with Gasteiger partial charge < -0.3 is 14.2 Å². The molecule has 0 radical (unpaired) electrons. The second-order valence-electron chi connectivity index (χ2n) is 9.53. The van der Waals surface area contributed by atoms with Crippen LogP contribution in [0.15, 0.2) is 88.2 Å². The maximum absolute atomic E-state index is 14.1. The summed E-state index contributed by atoms with van der Waals surface area (Å²) in [6, 6.07) is 21.3. The highest BCUT2D eigenvalue weighted by Crippen LogP contribution is 2.36. The van der Waals surface area contributed by atoms with Gasteiger partial charge in [0.15, 0.2) is 16.3 Å². The number of rotatable bonds is 8. The van der Waals surface area contributed by atoms with Gasteiger partial charge in [-0.05, 0) is 50.6 Å². The lowest BCUT2D eigenvalue weighted by Gasteiger charge is -2.26. The molecule has 0 aliphatic carbocycles. The smallest absolute Gasteiger partial charge is 0.338 e. The van der Waals surface area contributed by atoms with Gasteiger partial charge in [0.05, 0.1) is 41.7 Å². The fourth-order valence-corrected chi connectivity index (χ4v) is 5.83. The van der Waals surface area contributed by atoms with Gasteiger partial charge in [-0.2, -0.15) is 0 Å². The summed E-state index contributed by atoms with van der Waals surface area (Å²) < 4.78 is 19.1. The Hall–Kier alpha value is -4.14. The summed E-state index contributed by atoms with van der Waals surface area (Å²) >= 11 is 7.45. The number of hydrogen-bond donors (Lipinski definition) is 0. The second kappa shape index (κ2) is 12.2. The van der Waals surface area contributed by atoms with Crippen LogP contribution in [0.3, 0.4) is 0 Å². The molecule has 0 bridgehead atoms. The molecular weight excluding hydrogens is 560 g/mol. The largest absolute Gasteiger partial charge is 0.493 e. The number of benzene rings is 3. The minimum absolute atomic E-state index is 0.106. The molecule has 0 unspecified atom stereocenters. The molecule has 9 heteroatoms. The maximum Gasteiger partial charge on any atom is 0.338 e. The Morgan fingerprint density at radius 1 is 1.07 bits per heavy atom. The third-order valence-electron chi connectivity index (χ3n) is 6.43. The van der Waals surface area contributed by atoms with Crippen LogP contribution in [-0.4, -0.2) is 30.4 Å². The minimum Gasteiger partial charge on any atom is -0.493 e. The molecule has 5 rings (SSSR count). The summed E-state index contributed by atoms with van der Waals surface area (Å²) in [5, 5.41) is 0.543. The van der Waals surface area contributed by atoms with Crippen LogP contribution in [0, 0.1) is 0 Å². The van der Waals surface area contributed by atoms with Crippen LogP contribution in [-0.2, 0) is 9.53 Å². The Kier molecular flexibility index (Phi) is 8.42. The van der Waals surface area contributed by atoms with E-state index in [0.29, 0.717) is 42.7 Å². The lowest BCUT2D eigenvalue weighted by Crippen LogP contribution is -2.40. The van der Waals surface area contributed by atoms with E-state index >= 15 is 0 Å². The first-order valence-electron chi connectivity index (χ1n) is 13.2. The molecule has 7 nitrogen and oxygen atoms in total. The zero-order valence-corrected chi connectivity index (χ0v) is 24.7. The number of halogens is 1. The van der Waals surface area contributed by atoms with Crippen LogP contribution in [0.1, 0.15) is 43.5 Å². The van der Waals surface area contributed by atoms with E-state index in [2.05, 4.69) is 0 Å². The Labute approximate surface area is 246 Å². The molecule has 0 N–H and O–H groups in total. The highest BCUT2D eigenvalue weighted by molar-refractivity contribution is 7.07. The lowest BCUT2D eigenvalue weighted by atomic mass is 9.93. The van der Waals surface area contributed by atoms with Crippen molar-refractivity contribution >= 4 is 40.7 Å². The SMILES string of the molecule is CCOC(=O)C1=C(c2ccccc2)N=c2s/c(=C\c3cccc(OC)c3OC(C)C)c(=O)n2[C@H]1c1ccc(Cl)cc1. The number of nitrogens with zero attached hydrogens (tertiary/aromatic N) is 2. The van der Waals surface area contributed by atoms with Gasteiger partial charge in [0.25, 0.3) is 5.56 Å². The van der Waals surface area contributed by atoms with E-state index < -0.39 is 12.0 Å². The van der Waals surface area contributed by atoms with Crippen molar-refractivity contribution < 1.29 is 19.0 Å². The number of ether oxygens (including phenoxy) is 3. The molecule has 0 spiro atoms. The van der Waals surface area contributed by atoms with Gasteiger partial charge in [-0.3, -0.25) is 9.36 Å². The average molecular weight is 589 g/mol. The standard InChI is InChI=1S/C32H29ClN2O5S/c1-5-39-31(37)26-27(20-10-7-6-8-11-20)34-32-35(28(26)21-14-16-23(33)17-15-21)30(36)25(41-32)18-22-12-9-13-24(38-4)29(22)40-19(2)3/h6-19,28H,5H2,1-4H3/b25-18-/t28-/m0/s1. The summed E-state index contributed by atoms with van der Waals surface area (Å²) in [5.41, 5.74) is 2.60. The molecule has 41 heavy (non-hydrogen) atoms. The average Bonchev–Trinajstić information content (AvgIpc) is 3.28. The van der Waals surface area contributed by atoms with Crippen LogP contribution in [0.2, 0.25) is 5.02 Å². The molecule has 4 aromatic rings. The number of thiazole rings is 1. The zero-order chi connectivity index (χ0) is 29.1. The van der Waals surface area contributed by atoms with Crippen molar-refractivity contribution in [1.82, 2.24) is 4.57 Å². The quantitative estimate of drug-likeness (QED) is 0.258. The molecule has 0 saturated carbocycles. The van der Waals surface area contributed by atoms with E-state index in [0.717, 1.165) is 5.56 Å². The molecule has 210 valence electrons. The van der Waals surface area contributed by atoms with Crippen molar-refractivity contribution in [3.63, 3.8) is 0 Å². The van der Waals surface area contributed by atoms with Crippen molar-refractivity contribution in [3.05, 3.63) is 120 Å². The fraction of sp³-hybridized carbons (Fsp3) is 0.219. The molecule has 0 fully saturated rings. The first-order valence-corrected chi connectivity index (χ1v) is 14.4. The van der Waals surface area contributed by atoms with E-state index in [9.17, 15) is 9.59 Å². The van der Waals surface area contributed by atoms with Gasteiger partial charge in [0, 0.05) is 16.1 Å². The number of para-hydroxylation sites is 1. The predicted octanol–water partition coefficient (Wildman–Crippen LogP) is 5.38. The molecule has 0 amide bonds. The Morgan fingerprint density at radius 3 is 2.46 bits per heavy atom. The van der Waals surface area contributed by atoms with Crippen LogP contribution in [0.25, 0.3) is 11.8 Å². The molecule has 2 heterocycles. The Balaban J connectivity index is 1.81. The van der Waals surface area contributed by atoms with Crippen molar-refractivity contribution in [2.75, 3.05) is 13.7 Å². The number of carbonyl (C=O) groups excluding carboxylic acids is 1. The zero-order valence-electron chi connectivity index (χ0n) is 23.1. The number of methoxy groups -OCH3 is 1. The minimum atomic E-state index is -0.781. The number of fused-ring (bicyclic) bond motifs is 1. The van der Waals surface area contributed by atoms with Gasteiger partial charge in [-0.25, -0.2) is 9.79 Å². The molecular formula is C32H29ClN2O5S. The monoisotopic (exact) mass is 588 g/mol. The van der Waals surface area contributed by atoms with E-state index in [1.165, 1.54) is 11.3 Å². The summed E-state index contributed by atoms with van der Waals surface area (Å²) in [4.78, 5) is 33.0. The number of esters is 1. The number of aromatic nitrogens is 1. The van der Waals surface area contributed by atoms with Gasteiger partial charge in [0.1, 0.15) is 0 Å². The highest BCUT2D eigenvalue weighted by atomic mass is 35.5. The van der Waals surface area contributed by atoms with E-state index in [1.807, 2.05) is 74.5 Å². The summed E-state index contributed by atoms with van der Waals surface area (Å²) in [6.45, 7) is 5.78. The highest BCUT2D eigenvalue weighted by Gasteiger charge is 2.35. The first kappa shape index (κ1) is 28.4. The second-order valence-corrected chi connectivity index (χ2v) is 11.0. The number of carbonyl (C=O) groups is 1.